The molecule has 0 spiro atoms. The van der Waals surface area contributed by atoms with Crippen molar-refractivity contribution in [2.75, 3.05) is 7.05 Å². The second kappa shape index (κ2) is 6.28. The largest absolute Gasteiger partial charge is 0.326 e. The fraction of sp³-hybridized carbons (Fsp3) is 0.267. The van der Waals surface area contributed by atoms with Gasteiger partial charge in [-0.1, -0.05) is 30.3 Å². The van der Waals surface area contributed by atoms with Crippen LogP contribution in [0.5, 0.6) is 0 Å². The van der Waals surface area contributed by atoms with Gasteiger partial charge in [-0.3, -0.25) is 9.88 Å². The number of aromatic nitrogens is 1. The zero-order chi connectivity index (χ0) is 12.8. The number of rotatable bonds is 5. The molecule has 0 aliphatic heterocycles. The molecule has 0 saturated carbocycles. The van der Waals surface area contributed by atoms with Crippen molar-refractivity contribution in [2.24, 2.45) is 5.73 Å². The number of nitrogens with two attached hydrogens (primary N) is 1. The van der Waals surface area contributed by atoms with Gasteiger partial charge in [0.05, 0.1) is 0 Å². The van der Waals surface area contributed by atoms with E-state index < -0.39 is 0 Å². The third-order valence-electron chi connectivity index (χ3n) is 2.89. The van der Waals surface area contributed by atoms with Crippen LogP contribution in [-0.2, 0) is 19.6 Å². The van der Waals surface area contributed by atoms with Gasteiger partial charge >= 0.3 is 0 Å². The molecule has 0 saturated heterocycles. The van der Waals surface area contributed by atoms with Crippen LogP contribution in [0.25, 0.3) is 0 Å². The van der Waals surface area contributed by atoms with Crippen molar-refractivity contribution in [3.63, 3.8) is 0 Å². The Morgan fingerprint density at radius 2 is 1.67 bits per heavy atom. The molecule has 0 radical (unpaired) electrons. The van der Waals surface area contributed by atoms with Gasteiger partial charge in [0.2, 0.25) is 0 Å². The number of hydrogen-bond donors (Lipinski definition) is 1. The average Bonchev–Trinajstić information content (AvgIpc) is 2.40. The highest BCUT2D eigenvalue weighted by molar-refractivity contribution is 5.22. The Morgan fingerprint density at radius 3 is 2.28 bits per heavy atom. The molecule has 1 aromatic carbocycles. The Labute approximate surface area is 108 Å². The standard InChI is InChI=1S/C15H19N3/c1-18(12-15-3-2-8-17-10-15)11-14-6-4-13(9-16)5-7-14/h2-8,10H,9,11-12,16H2,1H3. The Bertz CT molecular complexity index is 465. The predicted octanol–water partition coefficient (Wildman–Crippen LogP) is 2.17. The smallest absolute Gasteiger partial charge is 0.0312 e. The summed E-state index contributed by atoms with van der Waals surface area (Å²) in [5, 5.41) is 0. The molecule has 3 heteroatoms. The molecule has 0 atom stereocenters. The third kappa shape index (κ3) is 3.65. The Morgan fingerprint density at radius 1 is 1.00 bits per heavy atom. The maximum Gasteiger partial charge on any atom is 0.0312 e. The van der Waals surface area contributed by atoms with E-state index in [1.54, 1.807) is 6.20 Å². The summed E-state index contributed by atoms with van der Waals surface area (Å²) in [6, 6.07) is 12.5. The van der Waals surface area contributed by atoms with Crippen molar-refractivity contribution in [1.82, 2.24) is 9.88 Å². The van der Waals surface area contributed by atoms with Crippen molar-refractivity contribution in [2.45, 2.75) is 19.6 Å². The van der Waals surface area contributed by atoms with E-state index in [9.17, 15) is 0 Å². The number of benzene rings is 1. The minimum absolute atomic E-state index is 0.603. The average molecular weight is 241 g/mol. The molecule has 18 heavy (non-hydrogen) atoms. The summed E-state index contributed by atoms with van der Waals surface area (Å²) in [7, 11) is 2.11. The molecular formula is C15H19N3. The monoisotopic (exact) mass is 241 g/mol. The van der Waals surface area contributed by atoms with Gasteiger partial charge in [-0.15, -0.1) is 0 Å². The first-order chi connectivity index (χ1) is 8.78. The minimum atomic E-state index is 0.603. The lowest BCUT2D eigenvalue weighted by atomic mass is 10.1. The molecule has 2 rings (SSSR count). The van der Waals surface area contributed by atoms with Crippen LogP contribution in [0.15, 0.2) is 48.8 Å². The van der Waals surface area contributed by atoms with Crippen LogP contribution in [-0.4, -0.2) is 16.9 Å². The van der Waals surface area contributed by atoms with Crippen molar-refractivity contribution in [3.05, 3.63) is 65.5 Å². The summed E-state index contributed by atoms with van der Waals surface area (Å²) in [5.41, 5.74) is 9.30. The van der Waals surface area contributed by atoms with Gasteiger partial charge in [-0.25, -0.2) is 0 Å². The lowest BCUT2D eigenvalue weighted by Gasteiger charge is -2.16. The van der Waals surface area contributed by atoms with Gasteiger partial charge in [0, 0.05) is 32.0 Å². The molecule has 0 bridgehead atoms. The molecule has 2 aromatic rings. The van der Waals surface area contributed by atoms with Gasteiger partial charge < -0.3 is 5.73 Å². The topological polar surface area (TPSA) is 42.1 Å². The fourth-order valence-electron chi connectivity index (χ4n) is 1.95. The zero-order valence-electron chi connectivity index (χ0n) is 10.7. The van der Waals surface area contributed by atoms with Crippen LogP contribution >= 0.6 is 0 Å². The summed E-state index contributed by atoms with van der Waals surface area (Å²) in [4.78, 5) is 6.40. The SMILES string of the molecule is CN(Cc1ccc(CN)cc1)Cc1cccnc1. The normalized spacial score (nSPS) is 10.8. The van der Waals surface area contributed by atoms with E-state index >= 15 is 0 Å². The summed E-state index contributed by atoms with van der Waals surface area (Å²) in [6.45, 7) is 2.44. The number of hydrogen-bond acceptors (Lipinski definition) is 3. The quantitative estimate of drug-likeness (QED) is 0.872. The molecule has 3 nitrogen and oxygen atoms in total. The van der Waals surface area contributed by atoms with E-state index in [1.165, 1.54) is 16.7 Å². The highest BCUT2D eigenvalue weighted by Gasteiger charge is 2.01. The van der Waals surface area contributed by atoms with E-state index in [-0.39, 0.29) is 0 Å². The van der Waals surface area contributed by atoms with Crippen molar-refractivity contribution < 1.29 is 0 Å². The molecule has 0 aliphatic carbocycles. The van der Waals surface area contributed by atoms with Crippen LogP contribution in [0, 0.1) is 0 Å². The highest BCUT2D eigenvalue weighted by atomic mass is 15.1. The number of nitrogens with zero attached hydrogens (tertiary/aromatic N) is 2. The highest BCUT2D eigenvalue weighted by Crippen LogP contribution is 2.08. The van der Waals surface area contributed by atoms with Gasteiger partial charge in [-0.2, -0.15) is 0 Å². The van der Waals surface area contributed by atoms with E-state index in [4.69, 9.17) is 5.73 Å². The molecule has 0 fully saturated rings. The fourth-order valence-corrected chi connectivity index (χ4v) is 1.95. The predicted molar refractivity (Wildman–Crippen MR) is 73.7 cm³/mol. The van der Waals surface area contributed by atoms with Crippen LogP contribution < -0.4 is 5.73 Å². The molecule has 2 N–H and O–H groups in total. The molecule has 0 amide bonds. The van der Waals surface area contributed by atoms with E-state index in [2.05, 4.69) is 47.3 Å². The Balaban J connectivity index is 1.92. The molecule has 1 aromatic heterocycles. The van der Waals surface area contributed by atoms with E-state index in [0.717, 1.165) is 13.1 Å². The summed E-state index contributed by atoms with van der Waals surface area (Å²) >= 11 is 0. The lowest BCUT2D eigenvalue weighted by Crippen LogP contribution is -2.17. The summed E-state index contributed by atoms with van der Waals surface area (Å²) in [6.07, 6.45) is 3.71. The first-order valence-corrected chi connectivity index (χ1v) is 6.13. The molecular weight excluding hydrogens is 222 g/mol. The van der Waals surface area contributed by atoms with E-state index in [1.807, 2.05) is 12.3 Å². The maximum atomic E-state index is 5.59. The summed E-state index contributed by atoms with van der Waals surface area (Å²) in [5.74, 6) is 0. The van der Waals surface area contributed by atoms with Crippen LogP contribution in [0.1, 0.15) is 16.7 Å². The lowest BCUT2D eigenvalue weighted by molar-refractivity contribution is 0.318. The van der Waals surface area contributed by atoms with Gasteiger partial charge in [0.1, 0.15) is 0 Å². The van der Waals surface area contributed by atoms with Crippen LogP contribution in [0.3, 0.4) is 0 Å². The van der Waals surface area contributed by atoms with Crippen molar-refractivity contribution in [1.29, 1.82) is 0 Å². The third-order valence-corrected chi connectivity index (χ3v) is 2.89. The second-order valence-corrected chi connectivity index (χ2v) is 4.55. The first kappa shape index (κ1) is 12.7. The maximum absolute atomic E-state index is 5.59. The molecule has 94 valence electrons. The van der Waals surface area contributed by atoms with Gasteiger partial charge in [0.15, 0.2) is 0 Å². The molecule has 1 heterocycles. The van der Waals surface area contributed by atoms with E-state index in [0.29, 0.717) is 6.54 Å². The minimum Gasteiger partial charge on any atom is -0.326 e. The number of pyridine rings is 1. The first-order valence-electron chi connectivity index (χ1n) is 6.13. The van der Waals surface area contributed by atoms with Crippen molar-refractivity contribution >= 4 is 0 Å². The van der Waals surface area contributed by atoms with Crippen LogP contribution in [0.2, 0.25) is 0 Å². The van der Waals surface area contributed by atoms with Crippen molar-refractivity contribution in [3.8, 4) is 0 Å². The second-order valence-electron chi connectivity index (χ2n) is 4.55. The van der Waals surface area contributed by atoms with Crippen LogP contribution in [0.4, 0.5) is 0 Å². The van der Waals surface area contributed by atoms with Gasteiger partial charge in [-0.05, 0) is 29.8 Å². The Kier molecular flexibility index (Phi) is 4.45. The molecule has 0 unspecified atom stereocenters. The zero-order valence-corrected chi connectivity index (χ0v) is 10.7. The van der Waals surface area contributed by atoms with Gasteiger partial charge in [0.25, 0.3) is 0 Å². The Hall–Kier alpha value is -1.71. The molecule has 0 aliphatic rings. The summed E-state index contributed by atoms with van der Waals surface area (Å²) < 4.78 is 0.